The van der Waals surface area contributed by atoms with Crippen LogP contribution in [-0.2, 0) is 12.4 Å². The van der Waals surface area contributed by atoms with Crippen LogP contribution in [0.4, 0.5) is 4.39 Å². The van der Waals surface area contributed by atoms with Gasteiger partial charge < -0.3 is 9.47 Å². The number of alkyl halides is 1. The zero-order valence-corrected chi connectivity index (χ0v) is 15.7. The number of benzene rings is 1. The van der Waals surface area contributed by atoms with Crippen LogP contribution < -0.4 is 0 Å². The average Bonchev–Trinajstić information content (AvgIpc) is 2.65. The maximum Gasteiger partial charge on any atom is 0.138 e. The lowest BCUT2D eigenvalue weighted by molar-refractivity contribution is 0.212. The number of hydrogen-bond donors (Lipinski definition) is 0. The summed E-state index contributed by atoms with van der Waals surface area (Å²) in [5, 5.41) is 0. The van der Waals surface area contributed by atoms with E-state index in [0.717, 1.165) is 29.9 Å². The molecule has 1 aromatic carbocycles. The summed E-state index contributed by atoms with van der Waals surface area (Å²) in [4.78, 5) is 6.70. The molecular weight excluding hydrogens is 404 g/mol. The fourth-order valence-corrected chi connectivity index (χ4v) is 3.44. The van der Waals surface area contributed by atoms with E-state index in [1.54, 1.807) is 12.1 Å². The smallest absolute Gasteiger partial charge is 0.138 e. The second-order valence-corrected chi connectivity index (χ2v) is 7.83. The van der Waals surface area contributed by atoms with Crippen LogP contribution in [-0.4, -0.2) is 35.1 Å². The van der Waals surface area contributed by atoms with Gasteiger partial charge in [-0.1, -0.05) is 13.8 Å². The van der Waals surface area contributed by atoms with Crippen LogP contribution in [0.3, 0.4) is 0 Å². The Bertz CT molecular complexity index is 652. The predicted octanol–water partition coefficient (Wildman–Crippen LogP) is 4.11. The van der Waals surface area contributed by atoms with Crippen LogP contribution in [0, 0.1) is 14.8 Å². The molecule has 0 amide bonds. The van der Waals surface area contributed by atoms with Crippen molar-refractivity contribution < 1.29 is 4.39 Å². The Kier molecular flexibility index (Phi) is 5.15. The van der Waals surface area contributed by atoms with Gasteiger partial charge in [0, 0.05) is 19.2 Å². The van der Waals surface area contributed by atoms with Gasteiger partial charge in [0.05, 0.1) is 20.5 Å². The fourth-order valence-electron chi connectivity index (χ4n) is 2.78. The first kappa shape index (κ1) is 17.0. The number of halogens is 3. The van der Waals surface area contributed by atoms with Gasteiger partial charge in [-0.15, -0.1) is 11.6 Å². The fraction of sp³-hybridized carbons (Fsp3) is 0.533. The Morgan fingerprint density at radius 2 is 2.05 bits per heavy atom. The Morgan fingerprint density at radius 1 is 1.38 bits per heavy atom. The summed E-state index contributed by atoms with van der Waals surface area (Å²) in [6, 6.07) is 3.34. The summed E-state index contributed by atoms with van der Waals surface area (Å²) in [6.45, 7) is 6.07. The van der Waals surface area contributed by atoms with Gasteiger partial charge in [0.15, 0.2) is 0 Å². The molecular formula is C15H20ClFIN3. The summed E-state index contributed by atoms with van der Waals surface area (Å²) >= 11 is 8.01. The Labute approximate surface area is 143 Å². The molecule has 0 aliphatic heterocycles. The molecule has 1 heterocycles. The molecule has 0 saturated carbocycles. The first-order valence-corrected chi connectivity index (χ1v) is 8.40. The second-order valence-electron chi connectivity index (χ2n) is 6.40. The average molecular weight is 424 g/mol. The van der Waals surface area contributed by atoms with Crippen LogP contribution in [0.5, 0.6) is 0 Å². The van der Waals surface area contributed by atoms with Gasteiger partial charge >= 0.3 is 0 Å². The highest BCUT2D eigenvalue weighted by atomic mass is 127. The van der Waals surface area contributed by atoms with Gasteiger partial charge in [-0.05, 0) is 48.2 Å². The molecule has 116 valence electrons. The van der Waals surface area contributed by atoms with Gasteiger partial charge in [-0.2, -0.15) is 0 Å². The van der Waals surface area contributed by atoms with Crippen molar-refractivity contribution >= 4 is 45.2 Å². The van der Waals surface area contributed by atoms with E-state index in [-0.39, 0.29) is 11.2 Å². The van der Waals surface area contributed by atoms with Crippen LogP contribution >= 0.6 is 34.2 Å². The van der Waals surface area contributed by atoms with Crippen molar-refractivity contribution in [2.45, 2.75) is 26.3 Å². The molecule has 6 heteroatoms. The third-order valence-electron chi connectivity index (χ3n) is 3.32. The number of imidazole rings is 1. The molecule has 3 nitrogen and oxygen atoms in total. The van der Waals surface area contributed by atoms with Crippen molar-refractivity contribution in [2.75, 3.05) is 20.6 Å². The lowest BCUT2D eigenvalue weighted by Crippen LogP contribution is -2.32. The maximum atomic E-state index is 13.9. The minimum absolute atomic E-state index is 0.0391. The Morgan fingerprint density at radius 3 is 2.62 bits per heavy atom. The molecule has 0 N–H and O–H groups in total. The normalized spacial score (nSPS) is 12.6. The van der Waals surface area contributed by atoms with Gasteiger partial charge in [-0.3, -0.25) is 0 Å². The van der Waals surface area contributed by atoms with Crippen molar-refractivity contribution in [1.82, 2.24) is 14.5 Å². The maximum absolute atomic E-state index is 13.9. The molecule has 0 spiro atoms. The quantitative estimate of drug-likeness (QED) is 0.533. The van der Waals surface area contributed by atoms with Crippen LogP contribution in [0.25, 0.3) is 11.0 Å². The molecule has 21 heavy (non-hydrogen) atoms. The van der Waals surface area contributed by atoms with Crippen molar-refractivity contribution in [3.8, 4) is 0 Å². The lowest BCUT2D eigenvalue weighted by atomic mass is 9.92. The third-order valence-corrected chi connectivity index (χ3v) is 4.39. The summed E-state index contributed by atoms with van der Waals surface area (Å²) < 4.78 is 16.5. The summed E-state index contributed by atoms with van der Waals surface area (Å²) in [6.07, 6.45) is 0. The molecule has 2 aromatic rings. The monoisotopic (exact) mass is 423 g/mol. The summed E-state index contributed by atoms with van der Waals surface area (Å²) in [5.74, 6) is 0.904. The molecule has 2 rings (SSSR count). The van der Waals surface area contributed by atoms with Gasteiger partial charge in [0.25, 0.3) is 0 Å². The predicted molar refractivity (Wildman–Crippen MR) is 94.3 cm³/mol. The highest BCUT2D eigenvalue weighted by Crippen LogP contribution is 2.27. The third kappa shape index (κ3) is 3.87. The van der Waals surface area contributed by atoms with Crippen LogP contribution in [0.15, 0.2) is 12.1 Å². The first-order valence-electron chi connectivity index (χ1n) is 6.78. The van der Waals surface area contributed by atoms with E-state index < -0.39 is 0 Å². The molecule has 0 atom stereocenters. The number of fused-ring (bicyclic) bond motifs is 1. The molecule has 0 fully saturated rings. The van der Waals surface area contributed by atoms with E-state index in [9.17, 15) is 4.39 Å². The van der Waals surface area contributed by atoms with E-state index >= 15 is 0 Å². The van der Waals surface area contributed by atoms with Crippen molar-refractivity contribution in [2.24, 2.45) is 5.41 Å². The molecule has 0 radical (unpaired) electrons. The number of aromatic nitrogens is 2. The van der Waals surface area contributed by atoms with E-state index in [1.807, 2.05) is 27.2 Å². The minimum Gasteiger partial charge on any atom is -0.326 e. The number of hydrogen-bond acceptors (Lipinski definition) is 2. The minimum atomic E-state index is -0.212. The van der Waals surface area contributed by atoms with Crippen molar-refractivity contribution in [3.05, 3.63) is 27.3 Å². The first-order chi connectivity index (χ1) is 9.73. The van der Waals surface area contributed by atoms with E-state index in [2.05, 4.69) is 37.8 Å². The lowest BCUT2D eigenvalue weighted by Gasteiger charge is -2.29. The zero-order valence-electron chi connectivity index (χ0n) is 12.8. The largest absolute Gasteiger partial charge is 0.326 e. The van der Waals surface area contributed by atoms with Gasteiger partial charge in [0.2, 0.25) is 0 Å². The van der Waals surface area contributed by atoms with Crippen LogP contribution in [0.2, 0.25) is 0 Å². The van der Waals surface area contributed by atoms with E-state index in [1.165, 1.54) is 0 Å². The Hall–Kier alpha value is -0.400. The zero-order chi connectivity index (χ0) is 15.8. The number of nitrogens with zero attached hydrogens (tertiary/aromatic N) is 3. The molecule has 0 bridgehead atoms. The van der Waals surface area contributed by atoms with E-state index in [0.29, 0.717) is 9.45 Å². The highest BCUT2D eigenvalue weighted by Gasteiger charge is 2.23. The second kappa shape index (κ2) is 6.38. The number of rotatable bonds is 5. The van der Waals surface area contributed by atoms with Crippen molar-refractivity contribution in [1.29, 1.82) is 0 Å². The summed E-state index contributed by atoms with van der Waals surface area (Å²) in [7, 11) is 4.11. The van der Waals surface area contributed by atoms with Crippen LogP contribution in [0.1, 0.15) is 19.7 Å². The van der Waals surface area contributed by atoms with Gasteiger partial charge in [-0.25, -0.2) is 9.37 Å². The summed E-state index contributed by atoms with van der Waals surface area (Å²) in [5.41, 5.74) is 1.66. The molecule has 0 unspecified atom stereocenters. The standard InChI is InChI=1S/C15H20ClFIN3/c1-15(2,8-20(3)4)9-21-13-5-10(17)11(18)6-12(13)19-14(21)7-16/h5-6H,7-9H2,1-4H3. The molecule has 1 aromatic heterocycles. The highest BCUT2D eigenvalue weighted by molar-refractivity contribution is 14.1. The molecule has 0 aliphatic rings. The molecule has 0 aliphatic carbocycles. The Balaban J connectivity index is 2.49. The van der Waals surface area contributed by atoms with Crippen molar-refractivity contribution in [3.63, 3.8) is 0 Å². The van der Waals surface area contributed by atoms with Gasteiger partial charge in [0.1, 0.15) is 11.6 Å². The SMILES string of the molecule is CN(C)CC(C)(C)Cn1c(CCl)nc2cc(I)c(F)cc21. The van der Waals surface area contributed by atoms with E-state index in [4.69, 9.17) is 11.6 Å². The topological polar surface area (TPSA) is 21.1 Å². The molecule has 0 saturated heterocycles.